The molecule has 0 radical (unpaired) electrons. The van der Waals surface area contributed by atoms with E-state index in [0.717, 1.165) is 30.5 Å². The first-order chi connectivity index (χ1) is 11.9. The van der Waals surface area contributed by atoms with Crippen LogP contribution >= 0.6 is 0 Å². The van der Waals surface area contributed by atoms with Gasteiger partial charge in [-0.15, -0.1) is 0 Å². The molecule has 3 unspecified atom stereocenters. The lowest BCUT2D eigenvalue weighted by Crippen LogP contribution is -2.55. The Morgan fingerprint density at radius 3 is 2.52 bits per heavy atom. The van der Waals surface area contributed by atoms with Gasteiger partial charge in [-0.3, -0.25) is 0 Å². The second-order valence-corrected chi connectivity index (χ2v) is 7.01. The highest BCUT2D eigenvalue weighted by atomic mass is 19.4. The maximum Gasteiger partial charge on any atom is 0.421 e. The Hall–Kier alpha value is -1.59. The number of rotatable bonds is 3. The van der Waals surface area contributed by atoms with Gasteiger partial charge in [-0.25, -0.2) is 0 Å². The van der Waals surface area contributed by atoms with E-state index in [1.165, 1.54) is 13.2 Å². The van der Waals surface area contributed by atoms with Gasteiger partial charge in [0.25, 0.3) is 0 Å². The van der Waals surface area contributed by atoms with Crippen molar-refractivity contribution in [2.75, 3.05) is 27.2 Å². The van der Waals surface area contributed by atoms with Crippen LogP contribution in [0.5, 0.6) is 0 Å². The molecule has 25 heavy (non-hydrogen) atoms. The molecule has 0 N–H and O–H groups in total. The van der Waals surface area contributed by atoms with Gasteiger partial charge >= 0.3 is 6.18 Å². The molecule has 3 atom stereocenters. The molecule has 1 saturated heterocycles. The average Bonchev–Trinajstić information content (AvgIpc) is 2.61. The zero-order chi connectivity index (χ0) is 18.1. The summed E-state index contributed by atoms with van der Waals surface area (Å²) in [5.41, 5.74) is -0.496. The first-order valence-corrected chi connectivity index (χ1v) is 8.64. The summed E-state index contributed by atoms with van der Waals surface area (Å²) in [7, 11) is 3.13. The maximum absolute atomic E-state index is 14.0. The molecule has 1 heterocycles. The van der Waals surface area contributed by atoms with Crippen LogP contribution in [0.25, 0.3) is 5.57 Å². The van der Waals surface area contributed by atoms with Gasteiger partial charge in [-0.2, -0.15) is 13.2 Å². The standard InChI is InChI=1S/C20H24F3NO/c1-24-12-6-9-17(14-24)18-13-16(15-7-4-3-5-8-15)10-11-19(18,25-2)20(21,22)23/h3-5,7-8,10-11,13,17-18H,6,9,12,14H2,1-2H3. The molecule has 1 aromatic rings. The molecule has 3 rings (SSSR count). The van der Waals surface area contributed by atoms with Crippen LogP contribution in [0.2, 0.25) is 0 Å². The SMILES string of the molecule is COC1(C(F)(F)F)C=CC(c2ccccc2)=CC1C1CCCN(C)C1. The number of hydrogen-bond donors (Lipinski definition) is 0. The fourth-order valence-electron chi connectivity index (χ4n) is 4.11. The number of hydrogen-bond acceptors (Lipinski definition) is 2. The highest BCUT2D eigenvalue weighted by Crippen LogP contribution is 2.49. The minimum atomic E-state index is -4.46. The Bertz CT molecular complexity index is 653. The number of piperidine rings is 1. The van der Waals surface area contributed by atoms with Crippen LogP contribution in [-0.4, -0.2) is 43.9 Å². The molecule has 1 aromatic carbocycles. The number of allylic oxidation sites excluding steroid dienone is 2. The summed E-state index contributed by atoms with van der Waals surface area (Å²) in [5, 5.41) is 0. The highest BCUT2D eigenvalue weighted by molar-refractivity contribution is 5.76. The summed E-state index contributed by atoms with van der Waals surface area (Å²) in [6.45, 7) is 1.58. The van der Waals surface area contributed by atoms with Crippen LogP contribution in [0.4, 0.5) is 13.2 Å². The summed E-state index contributed by atoms with van der Waals surface area (Å²) in [5.74, 6) is -0.829. The van der Waals surface area contributed by atoms with E-state index in [2.05, 4.69) is 4.90 Å². The van der Waals surface area contributed by atoms with Gasteiger partial charge < -0.3 is 9.64 Å². The Morgan fingerprint density at radius 2 is 1.92 bits per heavy atom. The predicted molar refractivity (Wildman–Crippen MR) is 93.1 cm³/mol. The molecule has 0 aromatic heterocycles. The molecule has 1 aliphatic carbocycles. The van der Waals surface area contributed by atoms with Gasteiger partial charge in [0.2, 0.25) is 0 Å². The quantitative estimate of drug-likeness (QED) is 0.792. The molecule has 5 heteroatoms. The van der Waals surface area contributed by atoms with Crippen molar-refractivity contribution in [2.24, 2.45) is 11.8 Å². The predicted octanol–water partition coefficient (Wildman–Crippen LogP) is 4.55. The first-order valence-electron chi connectivity index (χ1n) is 8.64. The van der Waals surface area contributed by atoms with E-state index in [9.17, 15) is 13.2 Å². The van der Waals surface area contributed by atoms with Crippen molar-refractivity contribution in [1.29, 1.82) is 0 Å². The summed E-state index contributed by atoms with van der Waals surface area (Å²) in [6.07, 6.45) is 1.77. The number of benzene rings is 1. The van der Waals surface area contributed by atoms with Gasteiger partial charge in [0.15, 0.2) is 5.60 Å². The molecule has 1 aliphatic heterocycles. The third-order valence-electron chi connectivity index (χ3n) is 5.42. The summed E-state index contributed by atoms with van der Waals surface area (Å²) < 4.78 is 47.2. The van der Waals surface area contributed by atoms with E-state index in [1.807, 2.05) is 37.4 Å². The van der Waals surface area contributed by atoms with Crippen molar-refractivity contribution in [3.8, 4) is 0 Å². The second kappa shape index (κ2) is 6.96. The van der Waals surface area contributed by atoms with Crippen molar-refractivity contribution in [2.45, 2.75) is 24.6 Å². The summed E-state index contributed by atoms with van der Waals surface area (Å²) in [6, 6.07) is 9.55. The van der Waals surface area contributed by atoms with Gasteiger partial charge in [0.05, 0.1) is 0 Å². The number of ether oxygens (including phenoxy) is 1. The molecule has 2 aliphatic rings. The molecule has 1 fully saturated rings. The lowest BCUT2D eigenvalue weighted by atomic mass is 9.70. The third-order valence-corrected chi connectivity index (χ3v) is 5.42. The lowest BCUT2D eigenvalue weighted by molar-refractivity contribution is -0.268. The van der Waals surface area contributed by atoms with Crippen LogP contribution in [0, 0.1) is 11.8 Å². The largest absolute Gasteiger partial charge is 0.421 e. The number of methoxy groups -OCH3 is 1. The van der Waals surface area contributed by atoms with Gasteiger partial charge in [0, 0.05) is 19.6 Å². The fourth-order valence-corrected chi connectivity index (χ4v) is 4.11. The van der Waals surface area contributed by atoms with Crippen LogP contribution in [0.1, 0.15) is 18.4 Å². The molecule has 0 saturated carbocycles. The average molecular weight is 351 g/mol. The minimum absolute atomic E-state index is 0.0935. The van der Waals surface area contributed by atoms with Crippen molar-refractivity contribution >= 4 is 5.57 Å². The Morgan fingerprint density at radius 1 is 1.20 bits per heavy atom. The van der Waals surface area contributed by atoms with Crippen molar-refractivity contribution in [3.05, 3.63) is 54.1 Å². The molecule has 2 nitrogen and oxygen atoms in total. The number of halogens is 3. The number of nitrogens with zero attached hydrogens (tertiary/aromatic N) is 1. The first kappa shape index (κ1) is 18.2. The van der Waals surface area contributed by atoms with Crippen molar-refractivity contribution in [1.82, 2.24) is 4.90 Å². The molecule has 136 valence electrons. The Labute approximate surface area is 147 Å². The van der Waals surface area contributed by atoms with Crippen LogP contribution in [-0.2, 0) is 4.74 Å². The van der Waals surface area contributed by atoms with Gasteiger partial charge in [0.1, 0.15) is 0 Å². The normalized spacial score (nSPS) is 31.0. The van der Waals surface area contributed by atoms with E-state index in [-0.39, 0.29) is 5.92 Å². The number of likely N-dealkylation sites (tertiary alicyclic amines) is 1. The minimum Gasteiger partial charge on any atom is -0.364 e. The molecular weight excluding hydrogens is 327 g/mol. The summed E-state index contributed by atoms with van der Waals surface area (Å²) >= 11 is 0. The van der Waals surface area contributed by atoms with Crippen LogP contribution in [0.3, 0.4) is 0 Å². The van der Waals surface area contributed by atoms with Gasteiger partial charge in [-0.1, -0.05) is 42.5 Å². The lowest BCUT2D eigenvalue weighted by Gasteiger charge is -2.45. The molecule has 0 bridgehead atoms. The van der Waals surface area contributed by atoms with Crippen molar-refractivity contribution < 1.29 is 17.9 Å². The maximum atomic E-state index is 14.0. The smallest absolute Gasteiger partial charge is 0.364 e. The molecular formula is C20H24F3NO. The van der Waals surface area contributed by atoms with E-state index < -0.39 is 17.7 Å². The van der Waals surface area contributed by atoms with E-state index >= 15 is 0 Å². The Kier molecular flexibility index (Phi) is 5.07. The zero-order valence-corrected chi connectivity index (χ0v) is 14.6. The number of alkyl halides is 3. The topological polar surface area (TPSA) is 12.5 Å². The Balaban J connectivity index is 2.03. The fraction of sp³-hybridized carbons (Fsp3) is 0.500. The van der Waals surface area contributed by atoms with Crippen LogP contribution < -0.4 is 0 Å². The van der Waals surface area contributed by atoms with Crippen molar-refractivity contribution in [3.63, 3.8) is 0 Å². The molecule has 0 spiro atoms. The third kappa shape index (κ3) is 3.40. The zero-order valence-electron chi connectivity index (χ0n) is 14.6. The second-order valence-electron chi connectivity index (χ2n) is 7.01. The van der Waals surface area contributed by atoms with Gasteiger partial charge in [-0.05, 0) is 49.6 Å². The monoisotopic (exact) mass is 351 g/mol. The van der Waals surface area contributed by atoms with E-state index in [1.54, 1.807) is 12.2 Å². The molecule has 0 amide bonds. The van der Waals surface area contributed by atoms with Crippen LogP contribution in [0.15, 0.2) is 48.6 Å². The van der Waals surface area contributed by atoms with E-state index in [4.69, 9.17) is 4.74 Å². The van der Waals surface area contributed by atoms with E-state index in [0.29, 0.717) is 6.54 Å². The highest BCUT2D eigenvalue weighted by Gasteiger charge is 2.60. The summed E-state index contributed by atoms with van der Waals surface area (Å²) in [4.78, 5) is 2.11.